The van der Waals surface area contributed by atoms with Gasteiger partial charge >= 0.3 is 0 Å². The number of nitrogens with one attached hydrogen (secondary N) is 1. The van der Waals surface area contributed by atoms with Gasteiger partial charge in [0, 0.05) is 31.0 Å². The van der Waals surface area contributed by atoms with Gasteiger partial charge in [-0.2, -0.15) is 0 Å². The highest BCUT2D eigenvalue weighted by Gasteiger charge is 2.32. The molecule has 0 spiro atoms. The molecule has 0 aliphatic heterocycles. The third-order valence-corrected chi connectivity index (χ3v) is 4.64. The molecule has 3 nitrogen and oxygen atoms in total. The van der Waals surface area contributed by atoms with E-state index in [0.717, 1.165) is 19.4 Å². The number of pyridine rings is 1. The summed E-state index contributed by atoms with van der Waals surface area (Å²) in [5, 5.41) is 3.75. The van der Waals surface area contributed by atoms with Gasteiger partial charge in [-0.15, -0.1) is 0 Å². The van der Waals surface area contributed by atoms with Crippen LogP contribution in [-0.2, 0) is 11.2 Å². The van der Waals surface area contributed by atoms with E-state index in [-0.39, 0.29) is 5.60 Å². The molecule has 1 aliphatic carbocycles. The van der Waals surface area contributed by atoms with Crippen molar-refractivity contribution in [1.82, 2.24) is 10.3 Å². The molecule has 21 heavy (non-hydrogen) atoms. The number of aromatic nitrogens is 1. The first kappa shape index (κ1) is 16.4. The number of methoxy groups -OCH3 is 1. The van der Waals surface area contributed by atoms with E-state index in [1.807, 2.05) is 13.3 Å². The first-order chi connectivity index (χ1) is 10.1. The quantitative estimate of drug-likeness (QED) is 0.831. The number of fused-ring (bicyclic) bond motifs is 1. The fraction of sp³-hybridized carbons (Fsp3) is 0.722. The van der Waals surface area contributed by atoms with Crippen LogP contribution in [0, 0.1) is 0 Å². The minimum Gasteiger partial charge on any atom is -0.379 e. The predicted octanol–water partition coefficient (Wildman–Crippen LogP) is 3.68. The van der Waals surface area contributed by atoms with E-state index < -0.39 is 0 Å². The summed E-state index contributed by atoms with van der Waals surface area (Å²) in [5.74, 6) is 0.510. The van der Waals surface area contributed by atoms with Gasteiger partial charge in [0.1, 0.15) is 0 Å². The summed E-state index contributed by atoms with van der Waals surface area (Å²) < 4.78 is 5.67. The van der Waals surface area contributed by atoms with E-state index >= 15 is 0 Å². The lowest BCUT2D eigenvalue weighted by Crippen LogP contribution is -2.43. The lowest BCUT2D eigenvalue weighted by molar-refractivity contribution is 0.00397. The highest BCUT2D eigenvalue weighted by Crippen LogP contribution is 2.35. The Kier molecular flexibility index (Phi) is 5.77. The average molecular weight is 290 g/mol. The van der Waals surface area contributed by atoms with Crippen LogP contribution >= 0.6 is 0 Å². The maximum atomic E-state index is 5.67. The van der Waals surface area contributed by atoms with Gasteiger partial charge in [-0.05, 0) is 64.1 Å². The average Bonchev–Trinajstić information content (AvgIpc) is 2.51. The van der Waals surface area contributed by atoms with Gasteiger partial charge in [0.05, 0.1) is 5.60 Å². The standard InChI is InChI=1S/C18H30N2O/c1-5-11-19-16(13-18(2,3)21-4)15-10-6-8-14-9-7-12-20-17(14)15/h7,9,12,15-16,19H,5-6,8,10-11,13H2,1-4H3. The topological polar surface area (TPSA) is 34.1 Å². The van der Waals surface area contributed by atoms with Crippen molar-refractivity contribution >= 4 is 0 Å². The second-order valence-corrected chi connectivity index (χ2v) is 6.78. The van der Waals surface area contributed by atoms with Crippen LogP contribution in [0.4, 0.5) is 0 Å². The van der Waals surface area contributed by atoms with Crippen molar-refractivity contribution in [3.63, 3.8) is 0 Å². The number of ether oxygens (including phenoxy) is 1. The van der Waals surface area contributed by atoms with Crippen molar-refractivity contribution in [3.8, 4) is 0 Å². The molecule has 0 bridgehead atoms. The molecule has 2 unspecified atom stereocenters. The van der Waals surface area contributed by atoms with Crippen molar-refractivity contribution in [2.24, 2.45) is 0 Å². The predicted molar refractivity (Wildman–Crippen MR) is 87.7 cm³/mol. The molecular weight excluding hydrogens is 260 g/mol. The van der Waals surface area contributed by atoms with E-state index in [2.05, 4.69) is 38.2 Å². The highest BCUT2D eigenvalue weighted by molar-refractivity contribution is 5.27. The Morgan fingerprint density at radius 1 is 1.48 bits per heavy atom. The van der Waals surface area contributed by atoms with Crippen LogP contribution in [0.5, 0.6) is 0 Å². The van der Waals surface area contributed by atoms with Gasteiger partial charge in [0.15, 0.2) is 0 Å². The Labute approximate surface area is 129 Å². The third kappa shape index (κ3) is 4.27. The molecule has 0 fully saturated rings. The lowest BCUT2D eigenvalue weighted by Gasteiger charge is -2.36. The van der Waals surface area contributed by atoms with E-state index in [1.165, 1.54) is 30.5 Å². The molecule has 1 aliphatic rings. The van der Waals surface area contributed by atoms with E-state index in [0.29, 0.717) is 12.0 Å². The molecule has 1 aromatic rings. The van der Waals surface area contributed by atoms with Gasteiger partial charge in [-0.25, -0.2) is 0 Å². The molecule has 0 saturated heterocycles. The zero-order valence-electron chi connectivity index (χ0n) is 14.0. The van der Waals surface area contributed by atoms with Gasteiger partial charge < -0.3 is 10.1 Å². The minimum absolute atomic E-state index is 0.0994. The van der Waals surface area contributed by atoms with Crippen LogP contribution < -0.4 is 5.32 Å². The Morgan fingerprint density at radius 2 is 2.29 bits per heavy atom. The monoisotopic (exact) mass is 290 g/mol. The molecule has 0 aromatic carbocycles. The number of hydrogen-bond donors (Lipinski definition) is 1. The third-order valence-electron chi connectivity index (χ3n) is 4.64. The maximum Gasteiger partial charge on any atom is 0.0637 e. The second kappa shape index (κ2) is 7.37. The highest BCUT2D eigenvalue weighted by atomic mass is 16.5. The molecule has 118 valence electrons. The van der Waals surface area contributed by atoms with Crippen molar-refractivity contribution in [3.05, 3.63) is 29.6 Å². The zero-order valence-corrected chi connectivity index (χ0v) is 14.0. The normalized spacial score (nSPS) is 20.1. The Balaban J connectivity index is 2.20. The van der Waals surface area contributed by atoms with Crippen molar-refractivity contribution in [1.29, 1.82) is 0 Å². The molecule has 1 aromatic heterocycles. The van der Waals surface area contributed by atoms with E-state index in [4.69, 9.17) is 9.72 Å². The Hall–Kier alpha value is -0.930. The lowest BCUT2D eigenvalue weighted by atomic mass is 9.78. The largest absolute Gasteiger partial charge is 0.379 e. The SMILES string of the molecule is CCCNC(CC(C)(C)OC)C1CCCc2cccnc21. The van der Waals surface area contributed by atoms with Crippen LogP contribution in [0.3, 0.4) is 0 Å². The number of nitrogens with zero attached hydrogens (tertiary/aromatic N) is 1. The van der Waals surface area contributed by atoms with Crippen molar-refractivity contribution < 1.29 is 4.74 Å². The summed E-state index contributed by atoms with van der Waals surface area (Å²) >= 11 is 0. The van der Waals surface area contributed by atoms with E-state index in [1.54, 1.807) is 0 Å². The molecular formula is C18H30N2O. The first-order valence-electron chi connectivity index (χ1n) is 8.29. The minimum atomic E-state index is -0.0994. The van der Waals surface area contributed by atoms with Gasteiger partial charge in [-0.3, -0.25) is 4.98 Å². The van der Waals surface area contributed by atoms with Crippen LogP contribution in [-0.4, -0.2) is 30.3 Å². The fourth-order valence-corrected chi connectivity index (χ4v) is 3.34. The first-order valence-corrected chi connectivity index (χ1v) is 8.29. The van der Waals surface area contributed by atoms with Crippen LogP contribution in [0.25, 0.3) is 0 Å². The summed E-state index contributed by atoms with van der Waals surface area (Å²) in [5.41, 5.74) is 2.65. The summed E-state index contributed by atoms with van der Waals surface area (Å²) in [6.45, 7) is 7.63. The molecule has 0 radical (unpaired) electrons. The molecule has 3 heteroatoms. The molecule has 2 atom stereocenters. The smallest absolute Gasteiger partial charge is 0.0637 e. The van der Waals surface area contributed by atoms with Crippen LogP contribution in [0.2, 0.25) is 0 Å². The van der Waals surface area contributed by atoms with Gasteiger partial charge in [0.25, 0.3) is 0 Å². The Bertz CT molecular complexity index is 445. The fourth-order valence-electron chi connectivity index (χ4n) is 3.34. The van der Waals surface area contributed by atoms with Gasteiger partial charge in [0.2, 0.25) is 0 Å². The maximum absolute atomic E-state index is 5.67. The second-order valence-electron chi connectivity index (χ2n) is 6.78. The molecule has 2 rings (SSSR count). The van der Waals surface area contributed by atoms with Crippen LogP contribution in [0.1, 0.15) is 63.6 Å². The summed E-state index contributed by atoms with van der Waals surface area (Å²) in [4.78, 5) is 4.70. The van der Waals surface area contributed by atoms with Gasteiger partial charge in [-0.1, -0.05) is 13.0 Å². The summed E-state index contributed by atoms with van der Waals surface area (Å²) in [7, 11) is 1.81. The molecule has 0 amide bonds. The van der Waals surface area contributed by atoms with Crippen molar-refractivity contribution in [2.45, 2.75) is 70.4 Å². The zero-order chi connectivity index (χ0) is 15.3. The van der Waals surface area contributed by atoms with Crippen LogP contribution in [0.15, 0.2) is 18.3 Å². The van der Waals surface area contributed by atoms with Crippen molar-refractivity contribution in [2.75, 3.05) is 13.7 Å². The summed E-state index contributed by atoms with van der Waals surface area (Å²) in [6, 6.07) is 4.75. The summed E-state index contributed by atoms with van der Waals surface area (Å²) in [6.07, 6.45) is 7.78. The molecule has 1 N–H and O–H groups in total. The number of rotatable bonds is 7. The number of hydrogen-bond acceptors (Lipinski definition) is 3. The molecule has 1 heterocycles. The number of aryl methyl sites for hydroxylation is 1. The Morgan fingerprint density at radius 3 is 3.00 bits per heavy atom. The van der Waals surface area contributed by atoms with E-state index in [9.17, 15) is 0 Å². The molecule has 0 saturated carbocycles.